The van der Waals surface area contributed by atoms with Crippen molar-refractivity contribution in [3.63, 3.8) is 0 Å². The van der Waals surface area contributed by atoms with Crippen molar-refractivity contribution < 1.29 is 14.3 Å². The van der Waals surface area contributed by atoms with Gasteiger partial charge in [-0.05, 0) is 49.4 Å². The van der Waals surface area contributed by atoms with E-state index in [1.807, 2.05) is 6.92 Å². The number of anilines is 1. The summed E-state index contributed by atoms with van der Waals surface area (Å²) in [5, 5.41) is 21.6. The third-order valence-corrected chi connectivity index (χ3v) is 5.74. The molecule has 0 unspecified atom stereocenters. The Balaban J connectivity index is 1.33. The monoisotopic (exact) mass is 482 g/mol. The van der Waals surface area contributed by atoms with Crippen LogP contribution in [-0.4, -0.2) is 32.2 Å². The second-order valence-corrected chi connectivity index (χ2v) is 8.48. The van der Waals surface area contributed by atoms with Gasteiger partial charge >= 0.3 is 0 Å². The van der Waals surface area contributed by atoms with Gasteiger partial charge in [0, 0.05) is 34.1 Å². The van der Waals surface area contributed by atoms with Gasteiger partial charge in [-0.25, -0.2) is 0 Å². The molecule has 2 heterocycles. The number of hydrogen-bond donors (Lipinski definition) is 3. The van der Waals surface area contributed by atoms with Gasteiger partial charge in [-0.15, -0.1) is 10.2 Å². The van der Waals surface area contributed by atoms with Crippen LogP contribution >= 0.6 is 22.9 Å². The van der Waals surface area contributed by atoms with Crippen LogP contribution in [0, 0.1) is 6.92 Å². The van der Waals surface area contributed by atoms with Crippen LogP contribution < -0.4 is 15.4 Å². The molecule has 0 saturated heterocycles. The number of amides is 2. The summed E-state index contributed by atoms with van der Waals surface area (Å²) in [6.45, 7) is 2.41. The van der Waals surface area contributed by atoms with Gasteiger partial charge in [0.15, 0.2) is 5.01 Å². The van der Waals surface area contributed by atoms with Crippen LogP contribution in [0.15, 0.2) is 54.7 Å². The molecule has 9 nitrogen and oxygen atoms in total. The Morgan fingerprint density at radius 3 is 2.70 bits per heavy atom. The number of ether oxygens (including phenoxy) is 1. The summed E-state index contributed by atoms with van der Waals surface area (Å²) in [5.41, 5.74) is 2.69. The lowest BCUT2D eigenvalue weighted by Gasteiger charge is -2.07. The first-order chi connectivity index (χ1) is 16.0. The molecule has 0 aliphatic carbocycles. The highest BCUT2D eigenvalue weighted by Gasteiger charge is 2.15. The molecular weight excluding hydrogens is 464 g/mol. The number of nitrogens with zero attached hydrogens (tertiary/aromatic N) is 3. The number of halogens is 1. The summed E-state index contributed by atoms with van der Waals surface area (Å²) >= 11 is 6.98. The van der Waals surface area contributed by atoms with E-state index in [1.54, 1.807) is 54.7 Å². The molecule has 4 rings (SSSR count). The number of H-pyrrole nitrogens is 1. The third kappa shape index (κ3) is 5.93. The highest BCUT2D eigenvalue weighted by Crippen LogP contribution is 2.19. The van der Waals surface area contributed by atoms with Gasteiger partial charge in [-0.1, -0.05) is 29.0 Å². The lowest BCUT2D eigenvalue weighted by molar-refractivity contribution is 0.0949. The number of rotatable bonds is 8. The highest BCUT2D eigenvalue weighted by molar-refractivity contribution is 7.13. The number of aromatic amines is 1. The molecule has 2 amide bonds. The van der Waals surface area contributed by atoms with Gasteiger partial charge in [-0.2, -0.15) is 5.10 Å². The second-order valence-electron chi connectivity index (χ2n) is 6.98. The SMILES string of the molecule is Cc1[nH]ncc1CNC(=O)c1cccc(NC(=O)c2nnc(COc3ccc(Cl)cc3)s2)c1. The van der Waals surface area contributed by atoms with E-state index in [-0.39, 0.29) is 17.5 Å². The van der Waals surface area contributed by atoms with Crippen molar-refractivity contribution in [2.75, 3.05) is 5.32 Å². The Morgan fingerprint density at radius 2 is 1.94 bits per heavy atom. The molecule has 3 N–H and O–H groups in total. The summed E-state index contributed by atoms with van der Waals surface area (Å²) in [7, 11) is 0. The quantitative estimate of drug-likeness (QED) is 0.349. The minimum absolute atomic E-state index is 0.179. The maximum absolute atomic E-state index is 12.6. The van der Waals surface area contributed by atoms with Crippen LogP contribution in [0.2, 0.25) is 5.02 Å². The predicted octanol–water partition coefficient (Wildman–Crippen LogP) is 3.98. The molecule has 0 saturated carbocycles. The predicted molar refractivity (Wildman–Crippen MR) is 125 cm³/mol. The Morgan fingerprint density at radius 1 is 1.12 bits per heavy atom. The molecular formula is C22H19ClN6O3S. The van der Waals surface area contributed by atoms with Gasteiger partial charge in [0.1, 0.15) is 12.4 Å². The van der Waals surface area contributed by atoms with Gasteiger partial charge in [0.2, 0.25) is 5.01 Å². The first-order valence-corrected chi connectivity index (χ1v) is 11.1. The van der Waals surface area contributed by atoms with Gasteiger partial charge in [-0.3, -0.25) is 14.7 Å². The zero-order chi connectivity index (χ0) is 23.2. The minimum Gasteiger partial charge on any atom is -0.486 e. The molecule has 0 bridgehead atoms. The van der Waals surface area contributed by atoms with Gasteiger partial charge < -0.3 is 15.4 Å². The molecule has 0 spiro atoms. The topological polar surface area (TPSA) is 122 Å². The largest absolute Gasteiger partial charge is 0.486 e. The molecule has 0 atom stereocenters. The van der Waals surface area contributed by atoms with Crippen molar-refractivity contribution in [2.45, 2.75) is 20.1 Å². The van der Waals surface area contributed by atoms with Crippen LogP contribution in [0.3, 0.4) is 0 Å². The molecule has 33 heavy (non-hydrogen) atoms. The molecule has 0 aliphatic heterocycles. The molecule has 0 radical (unpaired) electrons. The molecule has 4 aromatic rings. The Hall–Kier alpha value is -3.76. The van der Waals surface area contributed by atoms with E-state index in [2.05, 4.69) is 31.0 Å². The van der Waals surface area contributed by atoms with Gasteiger partial charge in [0.05, 0.1) is 6.20 Å². The molecule has 168 valence electrons. The fourth-order valence-corrected chi connectivity index (χ4v) is 3.61. The van der Waals surface area contributed by atoms with Crippen LogP contribution in [0.25, 0.3) is 0 Å². The average molecular weight is 483 g/mol. The second kappa shape index (κ2) is 10.2. The summed E-state index contributed by atoms with van der Waals surface area (Å²) in [4.78, 5) is 25.0. The summed E-state index contributed by atoms with van der Waals surface area (Å²) in [5.74, 6) is -0.0419. The standard InChI is InChI=1S/C22H19ClN6O3S/c1-13-15(11-25-27-13)10-24-20(30)14-3-2-4-17(9-14)26-21(31)22-29-28-19(33-22)12-32-18-7-5-16(23)6-8-18/h2-9,11H,10,12H2,1H3,(H,24,30)(H,25,27)(H,26,31). The van der Waals surface area contributed by atoms with Crippen molar-refractivity contribution in [1.29, 1.82) is 0 Å². The molecule has 0 aliphatic rings. The highest BCUT2D eigenvalue weighted by atomic mass is 35.5. The van der Waals surface area contributed by atoms with E-state index in [9.17, 15) is 9.59 Å². The van der Waals surface area contributed by atoms with Crippen LogP contribution in [-0.2, 0) is 13.2 Å². The van der Waals surface area contributed by atoms with Crippen LogP contribution in [0.5, 0.6) is 5.75 Å². The third-order valence-electron chi connectivity index (χ3n) is 4.59. The summed E-state index contributed by atoms with van der Waals surface area (Å²) < 4.78 is 5.62. The van der Waals surface area contributed by atoms with E-state index in [0.717, 1.165) is 22.6 Å². The molecule has 2 aromatic carbocycles. The van der Waals surface area contributed by atoms with E-state index in [0.29, 0.717) is 33.6 Å². The number of hydrogen-bond acceptors (Lipinski definition) is 7. The van der Waals surface area contributed by atoms with Crippen molar-refractivity contribution in [2.24, 2.45) is 0 Å². The number of carbonyl (C=O) groups is 2. The lowest BCUT2D eigenvalue weighted by atomic mass is 10.1. The number of benzene rings is 2. The zero-order valence-corrected chi connectivity index (χ0v) is 19.0. The molecule has 2 aromatic heterocycles. The number of aromatic nitrogens is 4. The Labute approximate surface area is 198 Å². The summed E-state index contributed by atoms with van der Waals surface area (Å²) in [6, 6.07) is 13.6. The maximum atomic E-state index is 12.6. The molecule has 0 fully saturated rings. The smallest absolute Gasteiger partial charge is 0.286 e. The average Bonchev–Trinajstić information content (AvgIpc) is 3.46. The van der Waals surface area contributed by atoms with E-state index >= 15 is 0 Å². The minimum atomic E-state index is -0.420. The fourth-order valence-electron chi connectivity index (χ4n) is 2.83. The van der Waals surface area contributed by atoms with E-state index in [1.165, 1.54) is 0 Å². The van der Waals surface area contributed by atoms with Crippen molar-refractivity contribution in [3.8, 4) is 5.75 Å². The molecule has 11 heteroatoms. The Kier molecular flexibility index (Phi) is 6.96. The number of nitrogens with one attached hydrogen (secondary N) is 3. The number of carbonyl (C=O) groups excluding carboxylic acids is 2. The van der Waals surface area contributed by atoms with Gasteiger partial charge in [0.25, 0.3) is 11.8 Å². The van der Waals surface area contributed by atoms with Crippen LogP contribution in [0.4, 0.5) is 5.69 Å². The van der Waals surface area contributed by atoms with E-state index in [4.69, 9.17) is 16.3 Å². The fraction of sp³-hybridized carbons (Fsp3) is 0.136. The lowest BCUT2D eigenvalue weighted by Crippen LogP contribution is -2.23. The number of aryl methyl sites for hydroxylation is 1. The van der Waals surface area contributed by atoms with E-state index < -0.39 is 5.91 Å². The summed E-state index contributed by atoms with van der Waals surface area (Å²) in [6.07, 6.45) is 1.67. The Bertz CT molecular complexity index is 1270. The van der Waals surface area contributed by atoms with Crippen molar-refractivity contribution in [3.05, 3.63) is 86.6 Å². The van der Waals surface area contributed by atoms with Crippen LogP contribution in [0.1, 0.15) is 36.4 Å². The maximum Gasteiger partial charge on any atom is 0.286 e. The van der Waals surface area contributed by atoms with Crippen molar-refractivity contribution >= 4 is 40.4 Å². The zero-order valence-electron chi connectivity index (χ0n) is 17.5. The first-order valence-electron chi connectivity index (χ1n) is 9.87. The normalized spacial score (nSPS) is 10.6. The first kappa shape index (κ1) is 22.4. The van der Waals surface area contributed by atoms with Crippen molar-refractivity contribution in [1.82, 2.24) is 25.7 Å².